The topological polar surface area (TPSA) is 93.3 Å². The average molecular weight is 443 g/mol. The summed E-state index contributed by atoms with van der Waals surface area (Å²) in [5.74, 6) is 2.48. The number of fused-ring (bicyclic) bond motifs is 1. The largest absolute Gasteiger partial charge is 0.508 e. The van der Waals surface area contributed by atoms with Gasteiger partial charge in [-0.25, -0.2) is 4.68 Å². The Hall–Kier alpha value is -4.17. The van der Waals surface area contributed by atoms with Gasteiger partial charge in [-0.05, 0) is 82.2 Å². The van der Waals surface area contributed by atoms with Crippen LogP contribution in [0.4, 0.5) is 0 Å². The van der Waals surface area contributed by atoms with Crippen molar-refractivity contribution in [1.29, 1.82) is 0 Å². The first-order valence-corrected chi connectivity index (χ1v) is 10.6. The van der Waals surface area contributed by atoms with E-state index in [1.165, 1.54) is 11.3 Å². The van der Waals surface area contributed by atoms with E-state index in [9.17, 15) is 10.2 Å². The average Bonchev–Trinajstić information content (AvgIpc) is 3.36. The van der Waals surface area contributed by atoms with E-state index >= 15 is 0 Å². The molecule has 5 rings (SSSR count). The molecule has 3 aromatic carbocycles. The number of nitrogens with zero attached hydrogens (tertiary/aromatic N) is 4. The second kappa shape index (κ2) is 8.16. The Kier molecular flexibility index (Phi) is 5.04. The fourth-order valence-electron chi connectivity index (χ4n) is 3.28. The van der Waals surface area contributed by atoms with Crippen molar-refractivity contribution in [3.05, 3.63) is 78.1 Å². The fraction of sp³-hybridized carbons (Fsp3) is 0.0417. The number of hydrogen-bond acceptors (Lipinski definition) is 7. The molecule has 0 unspecified atom stereocenters. The second-order valence-electron chi connectivity index (χ2n) is 7.15. The van der Waals surface area contributed by atoms with Crippen molar-refractivity contribution in [2.24, 2.45) is 7.05 Å². The smallest absolute Gasteiger partial charge is 0.174 e. The minimum absolute atomic E-state index is 0.204. The molecule has 7 nitrogen and oxygen atoms in total. The minimum atomic E-state index is 0.204. The number of tetrazole rings is 1. The normalized spacial score (nSPS) is 11.4. The van der Waals surface area contributed by atoms with Crippen molar-refractivity contribution in [2.45, 2.75) is 0 Å². The van der Waals surface area contributed by atoms with Crippen LogP contribution in [0.15, 0.2) is 66.7 Å². The summed E-state index contributed by atoms with van der Waals surface area (Å²) >= 11 is 1.53. The van der Waals surface area contributed by atoms with Gasteiger partial charge >= 0.3 is 0 Å². The monoisotopic (exact) mass is 442 g/mol. The van der Waals surface area contributed by atoms with Crippen LogP contribution in [0.1, 0.15) is 11.4 Å². The summed E-state index contributed by atoms with van der Waals surface area (Å²) in [7, 11) is 1.78. The van der Waals surface area contributed by atoms with Gasteiger partial charge in [0.2, 0.25) is 0 Å². The van der Waals surface area contributed by atoms with Gasteiger partial charge in [0.05, 0.1) is 4.88 Å². The van der Waals surface area contributed by atoms with Gasteiger partial charge in [0.1, 0.15) is 17.2 Å². The molecule has 0 spiro atoms. The van der Waals surface area contributed by atoms with Crippen LogP contribution < -0.4 is 4.74 Å². The van der Waals surface area contributed by atoms with Crippen LogP contribution in [0.25, 0.3) is 32.7 Å². The number of benzene rings is 3. The minimum Gasteiger partial charge on any atom is -0.508 e. The maximum absolute atomic E-state index is 9.91. The third kappa shape index (κ3) is 3.91. The number of rotatable bonds is 5. The zero-order valence-corrected chi connectivity index (χ0v) is 17.8. The van der Waals surface area contributed by atoms with E-state index in [4.69, 9.17) is 4.74 Å². The first kappa shape index (κ1) is 19.8. The predicted molar refractivity (Wildman–Crippen MR) is 125 cm³/mol. The maximum atomic E-state index is 9.91. The standard InChI is InChI=1S/C24H18N4O3S/c1-28-22(25-26-27-28)13-4-15-2-10-19(11-3-15)31-23-20-12-9-18(30)14-21(20)32-24(23)16-5-7-17(29)8-6-16/h2-14,29-30H,1H3/b13-4+. The van der Waals surface area contributed by atoms with E-state index in [1.54, 1.807) is 36.0 Å². The van der Waals surface area contributed by atoms with Crippen molar-refractivity contribution >= 4 is 33.6 Å². The highest BCUT2D eigenvalue weighted by molar-refractivity contribution is 7.22. The Bertz CT molecular complexity index is 1420. The van der Waals surface area contributed by atoms with Crippen molar-refractivity contribution in [3.63, 3.8) is 0 Å². The number of phenolic OH excluding ortho intramolecular Hbond substituents is 2. The Morgan fingerprint density at radius 1 is 0.906 bits per heavy atom. The summed E-state index contributed by atoms with van der Waals surface area (Å²) in [5, 5.41) is 31.8. The number of aromatic hydroxyl groups is 2. The molecule has 0 saturated carbocycles. The summed E-state index contributed by atoms with van der Waals surface area (Å²) in [6.07, 6.45) is 3.78. The van der Waals surface area contributed by atoms with Gasteiger partial charge in [0.15, 0.2) is 11.6 Å². The molecule has 0 atom stereocenters. The molecule has 8 heteroatoms. The van der Waals surface area contributed by atoms with Crippen LogP contribution in [0.2, 0.25) is 0 Å². The van der Waals surface area contributed by atoms with Gasteiger partial charge in [0, 0.05) is 17.1 Å². The number of phenols is 2. The number of thiophene rings is 1. The lowest BCUT2D eigenvalue weighted by atomic mass is 10.1. The Morgan fingerprint density at radius 2 is 1.66 bits per heavy atom. The SMILES string of the molecule is Cn1nnnc1/C=C/c1ccc(Oc2c(-c3ccc(O)cc3)sc3cc(O)ccc23)cc1. The molecule has 0 fully saturated rings. The zero-order chi connectivity index (χ0) is 22.1. The lowest BCUT2D eigenvalue weighted by molar-refractivity contribution is 0.475. The van der Waals surface area contributed by atoms with Gasteiger partial charge in [0.25, 0.3) is 0 Å². The number of aryl methyl sites for hydroxylation is 1. The van der Waals surface area contributed by atoms with Gasteiger partial charge in [-0.15, -0.1) is 16.4 Å². The highest BCUT2D eigenvalue weighted by Gasteiger charge is 2.17. The van der Waals surface area contributed by atoms with Crippen LogP contribution in [-0.4, -0.2) is 30.4 Å². The summed E-state index contributed by atoms with van der Waals surface area (Å²) in [5.41, 5.74) is 1.91. The Morgan fingerprint density at radius 3 is 2.38 bits per heavy atom. The highest BCUT2D eigenvalue weighted by Crippen LogP contribution is 2.47. The third-order valence-corrected chi connectivity index (χ3v) is 6.12. The maximum Gasteiger partial charge on any atom is 0.174 e. The van der Waals surface area contributed by atoms with E-state index < -0.39 is 0 Å². The highest BCUT2D eigenvalue weighted by atomic mass is 32.1. The van der Waals surface area contributed by atoms with Gasteiger partial charge in [-0.2, -0.15) is 0 Å². The molecule has 2 N–H and O–H groups in total. The lowest BCUT2D eigenvalue weighted by Crippen LogP contribution is -1.93. The second-order valence-corrected chi connectivity index (χ2v) is 8.20. The van der Waals surface area contributed by atoms with Crippen LogP contribution in [0, 0.1) is 0 Å². The van der Waals surface area contributed by atoms with Crippen molar-refractivity contribution < 1.29 is 14.9 Å². The van der Waals surface area contributed by atoms with Crippen molar-refractivity contribution in [1.82, 2.24) is 20.2 Å². The molecule has 2 heterocycles. The number of hydrogen-bond donors (Lipinski definition) is 2. The van der Waals surface area contributed by atoms with Gasteiger partial charge in [-0.3, -0.25) is 0 Å². The van der Waals surface area contributed by atoms with Crippen LogP contribution in [0.3, 0.4) is 0 Å². The zero-order valence-electron chi connectivity index (χ0n) is 17.0. The summed E-state index contributed by atoms with van der Waals surface area (Å²) in [4.78, 5) is 0.921. The van der Waals surface area contributed by atoms with E-state index in [2.05, 4.69) is 15.5 Å². The van der Waals surface area contributed by atoms with Crippen LogP contribution >= 0.6 is 11.3 Å². The van der Waals surface area contributed by atoms with Crippen LogP contribution in [0.5, 0.6) is 23.0 Å². The molecule has 0 bridgehead atoms. The Balaban J connectivity index is 1.48. The molecule has 0 aliphatic rings. The molecule has 0 radical (unpaired) electrons. The molecule has 5 aromatic rings. The summed E-state index contributed by atoms with van der Waals surface area (Å²) in [6, 6.07) is 19.9. The molecule has 0 aliphatic heterocycles. The van der Waals surface area contributed by atoms with Crippen molar-refractivity contribution in [2.75, 3.05) is 0 Å². The van der Waals surface area contributed by atoms with Gasteiger partial charge in [-0.1, -0.05) is 18.2 Å². The molecule has 158 valence electrons. The molecular formula is C24H18N4O3S. The molecule has 0 amide bonds. The number of aromatic nitrogens is 4. The first-order chi connectivity index (χ1) is 15.6. The van der Waals surface area contributed by atoms with Crippen molar-refractivity contribution in [3.8, 4) is 33.4 Å². The molecule has 32 heavy (non-hydrogen) atoms. The predicted octanol–water partition coefficient (Wildman–Crippen LogP) is 5.47. The summed E-state index contributed by atoms with van der Waals surface area (Å²) < 4.78 is 8.83. The van der Waals surface area contributed by atoms with E-state index in [1.807, 2.05) is 54.6 Å². The quantitative estimate of drug-likeness (QED) is 0.375. The molecular weight excluding hydrogens is 424 g/mol. The van der Waals surface area contributed by atoms with E-state index in [0.29, 0.717) is 17.3 Å². The molecule has 0 aliphatic carbocycles. The fourth-order valence-corrected chi connectivity index (χ4v) is 4.45. The van der Waals surface area contributed by atoms with Crippen LogP contribution in [-0.2, 0) is 7.05 Å². The Labute approximate surface area is 187 Å². The lowest BCUT2D eigenvalue weighted by Gasteiger charge is -2.09. The molecule has 2 aromatic heterocycles. The third-order valence-electron chi connectivity index (χ3n) is 4.94. The van der Waals surface area contributed by atoms with E-state index in [-0.39, 0.29) is 11.5 Å². The van der Waals surface area contributed by atoms with Gasteiger partial charge < -0.3 is 14.9 Å². The number of ether oxygens (including phenoxy) is 1. The first-order valence-electron chi connectivity index (χ1n) is 9.80. The summed E-state index contributed by atoms with van der Waals surface area (Å²) in [6.45, 7) is 0. The molecule has 0 saturated heterocycles. The van der Waals surface area contributed by atoms with E-state index in [0.717, 1.165) is 26.1 Å².